The van der Waals surface area contributed by atoms with E-state index in [-0.39, 0.29) is 0 Å². The maximum absolute atomic E-state index is 10.4. The highest BCUT2D eigenvalue weighted by Crippen LogP contribution is 2.33. The van der Waals surface area contributed by atoms with Gasteiger partial charge in [-0.15, -0.1) is 0 Å². The fourth-order valence-corrected chi connectivity index (χ4v) is 3.01. The quantitative estimate of drug-likeness (QED) is 0.927. The molecule has 0 spiro atoms. The first-order valence-electron chi connectivity index (χ1n) is 6.93. The normalized spacial score (nSPS) is 18.9. The summed E-state index contributed by atoms with van der Waals surface area (Å²) in [6.07, 6.45) is 0.546. The molecule has 0 bridgehead atoms. The fourth-order valence-electron chi connectivity index (χ4n) is 2.88. The number of hydrogen-bond acceptors (Lipinski definition) is 2. The Morgan fingerprint density at radius 3 is 2.65 bits per heavy atom. The number of nitrogens with zero attached hydrogens (tertiary/aromatic N) is 1. The number of aliphatic hydroxyl groups is 1. The molecule has 3 rings (SSSR count). The third-order valence-electron chi connectivity index (χ3n) is 3.97. The van der Waals surface area contributed by atoms with Crippen molar-refractivity contribution in [1.82, 2.24) is 0 Å². The highest BCUT2D eigenvalue weighted by molar-refractivity contribution is 6.30. The van der Waals surface area contributed by atoms with E-state index in [0.717, 1.165) is 12.0 Å². The summed E-state index contributed by atoms with van der Waals surface area (Å²) >= 11 is 5.88. The lowest BCUT2D eigenvalue weighted by Gasteiger charge is -2.27. The molecule has 1 heterocycles. The van der Waals surface area contributed by atoms with Crippen LogP contribution in [0, 0.1) is 0 Å². The molecule has 0 aromatic heterocycles. The number of para-hydroxylation sites is 1. The summed E-state index contributed by atoms with van der Waals surface area (Å²) in [6, 6.07) is 16.3. The van der Waals surface area contributed by atoms with Crippen LogP contribution in [0.3, 0.4) is 0 Å². The van der Waals surface area contributed by atoms with E-state index in [2.05, 4.69) is 36.1 Å². The summed E-state index contributed by atoms with van der Waals surface area (Å²) in [5.74, 6) is 0. The number of anilines is 1. The average Bonchev–Trinajstić information content (AvgIpc) is 2.76. The highest BCUT2D eigenvalue weighted by atomic mass is 35.5. The molecule has 2 aromatic carbocycles. The molecular weight excluding hydrogens is 270 g/mol. The third-order valence-corrected chi connectivity index (χ3v) is 4.22. The van der Waals surface area contributed by atoms with Crippen molar-refractivity contribution < 1.29 is 5.11 Å². The first-order valence-corrected chi connectivity index (χ1v) is 7.31. The van der Waals surface area contributed by atoms with Gasteiger partial charge in [0, 0.05) is 23.3 Å². The molecule has 0 amide bonds. The summed E-state index contributed by atoms with van der Waals surface area (Å²) in [7, 11) is 0. The fraction of sp³-hybridized carbons (Fsp3) is 0.294. The van der Waals surface area contributed by atoms with Gasteiger partial charge in [0.25, 0.3) is 0 Å². The zero-order valence-electron chi connectivity index (χ0n) is 11.5. The predicted molar refractivity (Wildman–Crippen MR) is 83.4 cm³/mol. The average molecular weight is 288 g/mol. The van der Waals surface area contributed by atoms with Crippen molar-refractivity contribution in [2.45, 2.75) is 25.5 Å². The van der Waals surface area contributed by atoms with Crippen LogP contribution in [0.5, 0.6) is 0 Å². The Labute approximate surface area is 124 Å². The Balaban J connectivity index is 1.79. The third kappa shape index (κ3) is 2.54. The van der Waals surface area contributed by atoms with Crippen LogP contribution in [0.25, 0.3) is 0 Å². The lowest BCUT2D eigenvalue weighted by Crippen LogP contribution is -2.33. The number of β-amino-alcohol motifs (C(OH)–C–C–N with tert-alkyl or cyclic N) is 1. The summed E-state index contributed by atoms with van der Waals surface area (Å²) in [4.78, 5) is 2.29. The summed E-state index contributed by atoms with van der Waals surface area (Å²) in [6.45, 7) is 2.81. The Morgan fingerprint density at radius 2 is 1.90 bits per heavy atom. The second kappa shape index (κ2) is 5.47. The molecule has 2 nitrogen and oxygen atoms in total. The van der Waals surface area contributed by atoms with Gasteiger partial charge in [-0.1, -0.05) is 41.9 Å². The maximum atomic E-state index is 10.4. The number of aliphatic hydroxyl groups excluding tert-OH is 1. The molecule has 20 heavy (non-hydrogen) atoms. The van der Waals surface area contributed by atoms with Crippen molar-refractivity contribution in [1.29, 1.82) is 0 Å². The number of hydrogen-bond donors (Lipinski definition) is 1. The Bertz CT molecular complexity index is 596. The van der Waals surface area contributed by atoms with Crippen molar-refractivity contribution >= 4 is 17.3 Å². The summed E-state index contributed by atoms with van der Waals surface area (Å²) in [5, 5.41) is 11.1. The Hall–Kier alpha value is -1.51. The van der Waals surface area contributed by atoms with Crippen molar-refractivity contribution in [3.63, 3.8) is 0 Å². The van der Waals surface area contributed by atoms with Crippen LogP contribution in [0.2, 0.25) is 5.02 Å². The molecule has 2 unspecified atom stereocenters. The summed E-state index contributed by atoms with van der Waals surface area (Å²) in [5.41, 5.74) is 3.52. The van der Waals surface area contributed by atoms with Gasteiger partial charge < -0.3 is 10.0 Å². The minimum Gasteiger partial charge on any atom is -0.387 e. The van der Waals surface area contributed by atoms with Crippen molar-refractivity contribution in [2.75, 3.05) is 11.4 Å². The smallest absolute Gasteiger partial charge is 0.0964 e. The molecular formula is C17H18ClNO. The zero-order chi connectivity index (χ0) is 14.1. The van der Waals surface area contributed by atoms with E-state index < -0.39 is 6.10 Å². The van der Waals surface area contributed by atoms with Gasteiger partial charge in [-0.25, -0.2) is 0 Å². The molecule has 0 radical (unpaired) electrons. The number of benzene rings is 2. The van der Waals surface area contributed by atoms with E-state index in [1.54, 1.807) is 0 Å². The first-order chi connectivity index (χ1) is 9.65. The zero-order valence-corrected chi connectivity index (χ0v) is 12.2. The van der Waals surface area contributed by atoms with E-state index in [1.165, 1.54) is 11.3 Å². The van der Waals surface area contributed by atoms with Gasteiger partial charge >= 0.3 is 0 Å². The van der Waals surface area contributed by atoms with Crippen LogP contribution in [0.1, 0.15) is 24.2 Å². The molecule has 1 aliphatic heterocycles. The summed E-state index contributed by atoms with van der Waals surface area (Å²) < 4.78 is 0. The second-order valence-electron chi connectivity index (χ2n) is 5.40. The van der Waals surface area contributed by atoms with E-state index in [4.69, 9.17) is 11.6 Å². The number of rotatable bonds is 3. The van der Waals surface area contributed by atoms with Gasteiger partial charge in [-0.3, -0.25) is 0 Å². The molecule has 0 saturated carbocycles. The van der Waals surface area contributed by atoms with Crippen molar-refractivity contribution in [2.24, 2.45) is 0 Å². The van der Waals surface area contributed by atoms with Crippen LogP contribution in [-0.4, -0.2) is 17.7 Å². The van der Waals surface area contributed by atoms with E-state index in [9.17, 15) is 5.11 Å². The van der Waals surface area contributed by atoms with Gasteiger partial charge in [0.05, 0.1) is 6.10 Å². The predicted octanol–water partition coefficient (Wildman–Crippen LogP) is 3.82. The molecule has 1 aliphatic rings. The molecule has 2 aromatic rings. The molecule has 0 aliphatic carbocycles. The van der Waals surface area contributed by atoms with E-state index in [1.807, 2.05) is 24.3 Å². The van der Waals surface area contributed by atoms with Crippen molar-refractivity contribution in [3.8, 4) is 0 Å². The first kappa shape index (κ1) is 13.5. The van der Waals surface area contributed by atoms with Crippen LogP contribution < -0.4 is 4.90 Å². The maximum Gasteiger partial charge on any atom is 0.0964 e. The molecule has 0 fully saturated rings. The van der Waals surface area contributed by atoms with Crippen LogP contribution in [-0.2, 0) is 6.42 Å². The molecule has 2 atom stereocenters. The number of halogens is 1. The minimum atomic E-state index is -0.499. The van der Waals surface area contributed by atoms with Gasteiger partial charge in [0.1, 0.15) is 0 Å². The van der Waals surface area contributed by atoms with E-state index >= 15 is 0 Å². The molecule has 1 N–H and O–H groups in total. The lowest BCUT2D eigenvalue weighted by atomic mass is 10.1. The van der Waals surface area contributed by atoms with Crippen molar-refractivity contribution in [3.05, 3.63) is 64.7 Å². The van der Waals surface area contributed by atoms with Gasteiger partial charge in [-0.2, -0.15) is 0 Å². The van der Waals surface area contributed by atoms with Gasteiger partial charge in [-0.05, 0) is 42.7 Å². The number of fused-ring (bicyclic) bond motifs is 1. The highest BCUT2D eigenvalue weighted by Gasteiger charge is 2.27. The van der Waals surface area contributed by atoms with Crippen LogP contribution >= 0.6 is 11.6 Å². The molecule has 104 valence electrons. The Morgan fingerprint density at radius 1 is 1.20 bits per heavy atom. The van der Waals surface area contributed by atoms with Gasteiger partial charge in [0.15, 0.2) is 0 Å². The Kier molecular flexibility index (Phi) is 3.68. The van der Waals surface area contributed by atoms with Crippen LogP contribution in [0.4, 0.5) is 5.69 Å². The second-order valence-corrected chi connectivity index (χ2v) is 5.84. The minimum absolute atomic E-state index is 0.425. The van der Waals surface area contributed by atoms with Crippen LogP contribution in [0.15, 0.2) is 48.5 Å². The standard InChI is InChI=1S/C17H18ClNO/c1-12-10-14-4-2-3-5-16(14)19(12)11-17(20)13-6-8-15(18)9-7-13/h2-9,12,17,20H,10-11H2,1H3. The topological polar surface area (TPSA) is 23.5 Å². The van der Waals surface area contributed by atoms with E-state index in [0.29, 0.717) is 17.6 Å². The van der Waals surface area contributed by atoms with Gasteiger partial charge in [0.2, 0.25) is 0 Å². The SMILES string of the molecule is CC1Cc2ccccc2N1CC(O)c1ccc(Cl)cc1. The molecule has 3 heteroatoms. The monoisotopic (exact) mass is 287 g/mol. The molecule has 0 saturated heterocycles. The largest absolute Gasteiger partial charge is 0.387 e. The lowest BCUT2D eigenvalue weighted by molar-refractivity contribution is 0.181.